The average molecular weight is 256 g/mol. The second-order valence-corrected chi connectivity index (χ2v) is 4.04. The fourth-order valence-corrected chi connectivity index (χ4v) is 1.69. The van der Waals surface area contributed by atoms with E-state index in [4.69, 9.17) is 4.42 Å². The van der Waals surface area contributed by atoms with Crippen molar-refractivity contribution in [1.82, 2.24) is 19.6 Å². The Bertz CT molecular complexity index is 728. The van der Waals surface area contributed by atoms with Crippen LogP contribution in [0.1, 0.15) is 18.4 Å². The first-order valence-electron chi connectivity index (χ1n) is 5.75. The van der Waals surface area contributed by atoms with E-state index in [1.807, 2.05) is 32.0 Å². The lowest BCUT2D eigenvalue weighted by Gasteiger charge is -2.04. The van der Waals surface area contributed by atoms with Crippen molar-refractivity contribution in [3.8, 4) is 0 Å². The molecule has 3 heterocycles. The zero-order valence-corrected chi connectivity index (χ0v) is 10.5. The summed E-state index contributed by atoms with van der Waals surface area (Å²) in [5.74, 6) is 1.95. The van der Waals surface area contributed by atoms with Gasteiger partial charge in [0.05, 0.1) is 6.26 Å². The number of hydrazone groups is 1. The highest BCUT2D eigenvalue weighted by Crippen LogP contribution is 2.10. The highest BCUT2D eigenvalue weighted by Gasteiger charge is 2.05. The van der Waals surface area contributed by atoms with Gasteiger partial charge < -0.3 is 4.42 Å². The highest BCUT2D eigenvalue weighted by atomic mass is 16.3. The second-order valence-electron chi connectivity index (χ2n) is 4.04. The maximum Gasteiger partial charge on any atom is 0.254 e. The number of furan rings is 1. The molecule has 0 radical (unpaired) electrons. The summed E-state index contributed by atoms with van der Waals surface area (Å²) in [4.78, 5) is 8.31. The average Bonchev–Trinajstić information content (AvgIpc) is 3.05. The first kappa shape index (κ1) is 11.4. The predicted molar refractivity (Wildman–Crippen MR) is 70.1 cm³/mol. The molecule has 3 rings (SSSR count). The Morgan fingerprint density at radius 3 is 3.16 bits per heavy atom. The van der Waals surface area contributed by atoms with Gasteiger partial charge in [0, 0.05) is 11.8 Å². The molecule has 96 valence electrons. The lowest BCUT2D eigenvalue weighted by Crippen LogP contribution is -2.04. The van der Waals surface area contributed by atoms with Crippen LogP contribution >= 0.6 is 0 Å². The van der Waals surface area contributed by atoms with Crippen molar-refractivity contribution in [2.24, 2.45) is 5.10 Å². The van der Waals surface area contributed by atoms with Gasteiger partial charge in [0.15, 0.2) is 5.82 Å². The lowest BCUT2D eigenvalue weighted by atomic mass is 10.3. The second kappa shape index (κ2) is 4.52. The van der Waals surface area contributed by atoms with Crippen LogP contribution in [0.15, 0.2) is 40.3 Å². The van der Waals surface area contributed by atoms with Crippen LogP contribution in [0, 0.1) is 6.92 Å². The van der Waals surface area contributed by atoms with Crippen molar-refractivity contribution in [3.63, 3.8) is 0 Å². The molecule has 0 bridgehead atoms. The molecule has 0 aliphatic rings. The first-order valence-corrected chi connectivity index (χ1v) is 5.75. The Kier molecular flexibility index (Phi) is 2.71. The number of hydrogen-bond acceptors (Lipinski definition) is 6. The smallest absolute Gasteiger partial charge is 0.254 e. The van der Waals surface area contributed by atoms with Crippen molar-refractivity contribution < 1.29 is 4.42 Å². The Balaban J connectivity index is 1.93. The van der Waals surface area contributed by atoms with E-state index < -0.39 is 0 Å². The molecule has 0 unspecified atom stereocenters. The van der Waals surface area contributed by atoms with E-state index in [9.17, 15) is 0 Å². The predicted octanol–water partition coefficient (Wildman–Crippen LogP) is 1.86. The van der Waals surface area contributed by atoms with Gasteiger partial charge in [-0.05, 0) is 26.0 Å². The van der Waals surface area contributed by atoms with Gasteiger partial charge in [-0.25, -0.2) is 4.98 Å². The zero-order valence-electron chi connectivity index (χ0n) is 10.5. The summed E-state index contributed by atoms with van der Waals surface area (Å²) in [5, 5.41) is 8.35. The van der Waals surface area contributed by atoms with E-state index in [1.165, 1.54) is 6.33 Å². The number of nitrogens with one attached hydrogen (secondary N) is 1. The van der Waals surface area contributed by atoms with E-state index in [2.05, 4.69) is 25.6 Å². The monoisotopic (exact) mass is 256 g/mol. The third kappa shape index (κ3) is 2.17. The van der Waals surface area contributed by atoms with Crippen molar-refractivity contribution in [1.29, 1.82) is 0 Å². The molecule has 3 aromatic rings. The number of fused-ring (bicyclic) bond motifs is 1. The molecule has 7 nitrogen and oxygen atoms in total. The van der Waals surface area contributed by atoms with Crippen LogP contribution in [0.2, 0.25) is 0 Å². The number of hydrogen-bond donors (Lipinski definition) is 1. The van der Waals surface area contributed by atoms with Crippen LogP contribution in [0.3, 0.4) is 0 Å². The van der Waals surface area contributed by atoms with Gasteiger partial charge >= 0.3 is 0 Å². The minimum atomic E-state index is 0.536. The van der Waals surface area contributed by atoms with Crippen molar-refractivity contribution in [3.05, 3.63) is 42.2 Å². The Labute approximate surface area is 109 Å². The van der Waals surface area contributed by atoms with E-state index in [-0.39, 0.29) is 0 Å². The first-order chi connectivity index (χ1) is 9.24. The number of anilines is 1. The topological polar surface area (TPSA) is 80.6 Å². The van der Waals surface area contributed by atoms with Crippen LogP contribution in [-0.2, 0) is 0 Å². The minimum absolute atomic E-state index is 0.536. The fraction of sp³-hybridized carbons (Fsp3) is 0.167. The molecule has 19 heavy (non-hydrogen) atoms. The van der Waals surface area contributed by atoms with Gasteiger partial charge in [0.2, 0.25) is 0 Å². The molecular weight excluding hydrogens is 244 g/mol. The summed E-state index contributed by atoms with van der Waals surface area (Å²) in [6.07, 6.45) is 3.07. The highest BCUT2D eigenvalue weighted by molar-refractivity contribution is 5.96. The maximum atomic E-state index is 5.26. The zero-order chi connectivity index (χ0) is 13.2. The third-order valence-corrected chi connectivity index (χ3v) is 2.60. The SMILES string of the molecule is CC(=NNc1cc(C)nc2ncnn12)c1ccco1. The van der Waals surface area contributed by atoms with Crippen LogP contribution in [0.4, 0.5) is 5.82 Å². The molecule has 7 heteroatoms. The van der Waals surface area contributed by atoms with Crippen molar-refractivity contribution in [2.45, 2.75) is 13.8 Å². The van der Waals surface area contributed by atoms with E-state index >= 15 is 0 Å². The molecule has 0 aromatic carbocycles. The van der Waals surface area contributed by atoms with Gasteiger partial charge in [0.1, 0.15) is 17.8 Å². The van der Waals surface area contributed by atoms with Gasteiger partial charge in [-0.2, -0.15) is 19.7 Å². The van der Waals surface area contributed by atoms with Crippen LogP contribution in [0.25, 0.3) is 5.78 Å². The summed E-state index contributed by atoms with van der Waals surface area (Å²) < 4.78 is 6.85. The number of nitrogens with zero attached hydrogens (tertiary/aromatic N) is 5. The normalized spacial score (nSPS) is 12.0. The molecule has 0 saturated heterocycles. The van der Waals surface area contributed by atoms with Crippen LogP contribution < -0.4 is 5.43 Å². The molecule has 3 aromatic heterocycles. The standard InChI is InChI=1S/C12H12N6O/c1-8-6-11(18-12(15-8)13-7-14-18)17-16-9(2)10-4-3-5-19-10/h3-7,17H,1-2H3. The third-order valence-electron chi connectivity index (χ3n) is 2.60. The molecule has 0 saturated carbocycles. The van der Waals surface area contributed by atoms with E-state index in [0.717, 1.165) is 11.4 Å². The Morgan fingerprint density at radius 2 is 2.37 bits per heavy atom. The minimum Gasteiger partial charge on any atom is -0.463 e. The summed E-state index contributed by atoms with van der Waals surface area (Å²) in [7, 11) is 0. The Hall–Kier alpha value is -2.70. The molecule has 0 aliphatic carbocycles. The van der Waals surface area contributed by atoms with Gasteiger partial charge in [-0.1, -0.05) is 0 Å². The maximum absolute atomic E-state index is 5.26. The fourth-order valence-electron chi connectivity index (χ4n) is 1.69. The van der Waals surface area contributed by atoms with Gasteiger partial charge in [-0.15, -0.1) is 0 Å². The molecule has 0 amide bonds. The largest absolute Gasteiger partial charge is 0.463 e. The van der Waals surface area contributed by atoms with Gasteiger partial charge in [0.25, 0.3) is 5.78 Å². The van der Waals surface area contributed by atoms with Crippen LogP contribution in [-0.4, -0.2) is 25.3 Å². The van der Waals surface area contributed by atoms with Gasteiger partial charge in [-0.3, -0.25) is 5.43 Å². The summed E-state index contributed by atoms with van der Waals surface area (Å²) in [5.41, 5.74) is 4.54. The van der Waals surface area contributed by atoms with Crippen molar-refractivity contribution >= 4 is 17.3 Å². The number of rotatable bonds is 3. The lowest BCUT2D eigenvalue weighted by molar-refractivity contribution is 0.557. The molecule has 1 N–H and O–H groups in total. The summed E-state index contributed by atoms with van der Waals surface area (Å²) in [6.45, 7) is 3.75. The van der Waals surface area contributed by atoms with E-state index in [1.54, 1.807) is 10.8 Å². The quantitative estimate of drug-likeness (QED) is 0.571. The molecule has 0 atom stereocenters. The van der Waals surface area contributed by atoms with E-state index in [0.29, 0.717) is 17.4 Å². The number of aryl methyl sites for hydroxylation is 1. The van der Waals surface area contributed by atoms with Crippen molar-refractivity contribution in [2.75, 3.05) is 5.43 Å². The summed E-state index contributed by atoms with van der Waals surface area (Å²) >= 11 is 0. The molecular formula is C12H12N6O. The summed E-state index contributed by atoms with van der Waals surface area (Å²) in [6, 6.07) is 5.52. The van der Waals surface area contributed by atoms with Crippen LogP contribution in [0.5, 0.6) is 0 Å². The number of aromatic nitrogens is 4. The molecule has 0 fully saturated rings. The molecule has 0 aliphatic heterocycles. The Morgan fingerprint density at radius 1 is 1.47 bits per heavy atom. The molecule has 0 spiro atoms.